The highest BCUT2D eigenvalue weighted by molar-refractivity contribution is 6.00. The van der Waals surface area contributed by atoms with Gasteiger partial charge in [-0.1, -0.05) is 19.9 Å². The van der Waals surface area contributed by atoms with Gasteiger partial charge in [-0.3, -0.25) is 9.59 Å². The highest BCUT2D eigenvalue weighted by atomic mass is 16.4. The molecule has 6 heteroatoms. The fourth-order valence-electron chi connectivity index (χ4n) is 1.90. The van der Waals surface area contributed by atoms with Gasteiger partial charge in [0.1, 0.15) is 6.04 Å². The van der Waals surface area contributed by atoms with Crippen molar-refractivity contribution in [1.29, 1.82) is 0 Å². The van der Waals surface area contributed by atoms with Gasteiger partial charge in [0.25, 0.3) is 11.8 Å². The molecule has 2 N–H and O–H groups in total. The quantitative estimate of drug-likeness (QED) is 0.836. The van der Waals surface area contributed by atoms with Gasteiger partial charge in [-0.15, -0.1) is 0 Å². The van der Waals surface area contributed by atoms with Gasteiger partial charge >= 0.3 is 5.97 Å². The van der Waals surface area contributed by atoms with Crippen LogP contribution in [0.15, 0.2) is 24.3 Å². The van der Waals surface area contributed by atoms with Crippen LogP contribution in [0.5, 0.6) is 0 Å². The molecule has 2 amide bonds. The van der Waals surface area contributed by atoms with E-state index in [9.17, 15) is 14.4 Å². The van der Waals surface area contributed by atoms with E-state index in [1.807, 2.05) is 6.92 Å². The number of hydrogen-bond donors (Lipinski definition) is 2. The molecule has 0 fully saturated rings. The number of aliphatic carboxylic acids is 1. The van der Waals surface area contributed by atoms with Crippen molar-refractivity contribution >= 4 is 17.8 Å². The Balaban J connectivity index is 2.95. The van der Waals surface area contributed by atoms with Crippen molar-refractivity contribution in [2.75, 3.05) is 13.6 Å². The molecule has 1 unspecified atom stereocenters. The molecular weight excluding hydrogens is 284 g/mol. The number of carbonyl (C=O) groups excluding carboxylic acids is 2. The maximum atomic E-state index is 12.2. The van der Waals surface area contributed by atoms with Gasteiger partial charge in [0, 0.05) is 24.7 Å². The lowest BCUT2D eigenvalue weighted by Crippen LogP contribution is -2.44. The summed E-state index contributed by atoms with van der Waals surface area (Å²) in [6, 6.07) is 5.30. The summed E-state index contributed by atoms with van der Waals surface area (Å²) in [6.45, 7) is 5.85. The Morgan fingerprint density at radius 3 is 2.32 bits per heavy atom. The standard InChI is InChI=1S/C16H22N2O4/c1-5-18(4)15(20)12-8-6-7-11(9-12)14(19)17-13(10(2)3)16(21)22/h6-10,13H,5H2,1-4H3,(H,17,19)(H,21,22). The number of nitrogens with one attached hydrogen (secondary N) is 1. The molecule has 0 bridgehead atoms. The molecule has 0 aliphatic heterocycles. The summed E-state index contributed by atoms with van der Waals surface area (Å²) < 4.78 is 0. The fraction of sp³-hybridized carbons (Fsp3) is 0.438. The third-order valence-electron chi connectivity index (χ3n) is 3.41. The monoisotopic (exact) mass is 306 g/mol. The third kappa shape index (κ3) is 4.31. The van der Waals surface area contributed by atoms with E-state index in [2.05, 4.69) is 5.32 Å². The SMILES string of the molecule is CCN(C)C(=O)c1cccc(C(=O)NC(C(=O)O)C(C)C)c1. The van der Waals surface area contributed by atoms with E-state index in [0.717, 1.165) is 0 Å². The van der Waals surface area contributed by atoms with Crippen molar-refractivity contribution in [3.63, 3.8) is 0 Å². The van der Waals surface area contributed by atoms with Crippen LogP contribution < -0.4 is 5.32 Å². The largest absolute Gasteiger partial charge is 0.480 e. The maximum Gasteiger partial charge on any atom is 0.326 e. The van der Waals surface area contributed by atoms with E-state index in [0.29, 0.717) is 12.1 Å². The first kappa shape index (κ1) is 17.7. The molecule has 0 aromatic heterocycles. The molecule has 0 aliphatic carbocycles. The number of carboxylic acids is 1. The second kappa shape index (κ2) is 7.59. The van der Waals surface area contributed by atoms with Crippen LogP contribution in [0.3, 0.4) is 0 Å². The molecule has 22 heavy (non-hydrogen) atoms. The molecule has 120 valence electrons. The van der Waals surface area contributed by atoms with Crippen LogP contribution in [0.2, 0.25) is 0 Å². The predicted octanol–water partition coefficient (Wildman–Crippen LogP) is 1.62. The minimum Gasteiger partial charge on any atom is -0.480 e. The van der Waals surface area contributed by atoms with E-state index in [4.69, 9.17) is 5.11 Å². The normalized spacial score (nSPS) is 11.9. The van der Waals surface area contributed by atoms with Gasteiger partial charge in [-0.2, -0.15) is 0 Å². The number of carboxylic acid groups (broad SMARTS) is 1. The zero-order valence-electron chi connectivity index (χ0n) is 13.3. The van der Waals surface area contributed by atoms with Crippen LogP contribution in [0.1, 0.15) is 41.5 Å². The van der Waals surface area contributed by atoms with Gasteiger partial charge < -0.3 is 15.3 Å². The van der Waals surface area contributed by atoms with Crippen LogP contribution in [0.25, 0.3) is 0 Å². The molecule has 1 aromatic rings. The van der Waals surface area contributed by atoms with Crippen LogP contribution in [-0.4, -0.2) is 47.4 Å². The van der Waals surface area contributed by atoms with E-state index < -0.39 is 17.9 Å². The lowest BCUT2D eigenvalue weighted by Gasteiger charge is -2.18. The number of nitrogens with zero attached hydrogens (tertiary/aromatic N) is 1. The second-order valence-corrected chi connectivity index (χ2v) is 5.43. The van der Waals surface area contributed by atoms with Crippen molar-refractivity contribution in [3.8, 4) is 0 Å². The van der Waals surface area contributed by atoms with Crippen molar-refractivity contribution in [1.82, 2.24) is 10.2 Å². The summed E-state index contributed by atoms with van der Waals surface area (Å²) in [7, 11) is 1.67. The molecule has 0 saturated heterocycles. The molecule has 0 spiro atoms. The number of carbonyl (C=O) groups is 3. The minimum absolute atomic E-state index is 0.184. The molecule has 0 radical (unpaired) electrons. The molecule has 1 atom stereocenters. The number of benzene rings is 1. The predicted molar refractivity (Wildman–Crippen MR) is 82.8 cm³/mol. The Labute approximate surface area is 130 Å². The van der Waals surface area contributed by atoms with Gasteiger partial charge in [-0.05, 0) is 31.0 Å². The molecular formula is C16H22N2O4. The van der Waals surface area contributed by atoms with Gasteiger partial charge in [0.2, 0.25) is 0 Å². The van der Waals surface area contributed by atoms with Crippen molar-refractivity contribution in [3.05, 3.63) is 35.4 Å². The molecule has 0 aliphatic rings. The second-order valence-electron chi connectivity index (χ2n) is 5.43. The van der Waals surface area contributed by atoms with E-state index >= 15 is 0 Å². The average molecular weight is 306 g/mol. The fourth-order valence-corrected chi connectivity index (χ4v) is 1.90. The topological polar surface area (TPSA) is 86.7 Å². The summed E-state index contributed by atoms with van der Waals surface area (Å²) >= 11 is 0. The number of amides is 2. The first-order valence-electron chi connectivity index (χ1n) is 7.17. The zero-order chi connectivity index (χ0) is 16.9. The summed E-state index contributed by atoms with van der Waals surface area (Å²) in [5.41, 5.74) is 0.663. The van der Waals surface area contributed by atoms with Crippen molar-refractivity contribution < 1.29 is 19.5 Å². The van der Waals surface area contributed by atoms with Gasteiger partial charge in [0.05, 0.1) is 0 Å². The molecule has 1 aromatic carbocycles. The van der Waals surface area contributed by atoms with Crippen molar-refractivity contribution in [2.45, 2.75) is 26.8 Å². The molecule has 6 nitrogen and oxygen atoms in total. The van der Waals surface area contributed by atoms with Crippen LogP contribution in [0, 0.1) is 5.92 Å². The summed E-state index contributed by atoms with van der Waals surface area (Å²) in [6.07, 6.45) is 0. The number of hydrogen-bond acceptors (Lipinski definition) is 3. The van der Waals surface area contributed by atoms with Gasteiger partial charge in [0.15, 0.2) is 0 Å². The van der Waals surface area contributed by atoms with Crippen LogP contribution in [-0.2, 0) is 4.79 Å². The van der Waals surface area contributed by atoms with E-state index in [-0.39, 0.29) is 17.4 Å². The van der Waals surface area contributed by atoms with Crippen molar-refractivity contribution in [2.24, 2.45) is 5.92 Å². The zero-order valence-corrected chi connectivity index (χ0v) is 13.3. The van der Waals surface area contributed by atoms with E-state index in [1.54, 1.807) is 39.1 Å². The Morgan fingerprint density at radius 1 is 1.23 bits per heavy atom. The minimum atomic E-state index is -1.08. The molecule has 0 heterocycles. The van der Waals surface area contributed by atoms with Gasteiger partial charge in [-0.25, -0.2) is 4.79 Å². The lowest BCUT2D eigenvalue weighted by atomic mass is 10.0. The highest BCUT2D eigenvalue weighted by Crippen LogP contribution is 2.10. The third-order valence-corrected chi connectivity index (χ3v) is 3.41. The Hall–Kier alpha value is -2.37. The summed E-state index contributed by atoms with van der Waals surface area (Å²) in [5, 5.41) is 11.6. The highest BCUT2D eigenvalue weighted by Gasteiger charge is 2.24. The Kier molecular flexibility index (Phi) is 6.10. The van der Waals surface area contributed by atoms with Crippen LogP contribution in [0.4, 0.5) is 0 Å². The van der Waals surface area contributed by atoms with E-state index in [1.165, 1.54) is 11.0 Å². The first-order valence-corrected chi connectivity index (χ1v) is 7.17. The summed E-state index contributed by atoms with van der Waals surface area (Å²) in [5.74, 6) is -2.01. The Morgan fingerprint density at radius 2 is 1.82 bits per heavy atom. The smallest absolute Gasteiger partial charge is 0.326 e. The lowest BCUT2D eigenvalue weighted by molar-refractivity contribution is -0.140. The average Bonchev–Trinajstić information content (AvgIpc) is 2.50. The van der Waals surface area contributed by atoms with Crippen LogP contribution >= 0.6 is 0 Å². The molecule has 1 rings (SSSR count). The first-order chi connectivity index (χ1) is 10.3. The molecule has 0 saturated carbocycles. The summed E-state index contributed by atoms with van der Waals surface area (Å²) in [4.78, 5) is 36.9. The number of rotatable bonds is 6. The maximum absolute atomic E-state index is 12.2. The Bertz CT molecular complexity index is 569.